The third kappa shape index (κ3) is 2.21. The molecule has 4 aromatic rings. The Labute approximate surface area is 140 Å². The van der Waals surface area contributed by atoms with Crippen LogP contribution in [0, 0.1) is 6.92 Å². The Hall–Kier alpha value is -2.95. The van der Waals surface area contributed by atoms with Gasteiger partial charge in [0.2, 0.25) is 5.95 Å². The second kappa shape index (κ2) is 5.60. The van der Waals surface area contributed by atoms with Crippen LogP contribution in [0.3, 0.4) is 0 Å². The van der Waals surface area contributed by atoms with Crippen LogP contribution in [0.2, 0.25) is 0 Å². The largest absolute Gasteiger partial charge is 0.345 e. The third-order valence-electron chi connectivity index (χ3n) is 4.35. The molecule has 0 amide bonds. The highest BCUT2D eigenvalue weighted by molar-refractivity contribution is 5.93. The number of hydrogen-bond acceptors (Lipinski definition) is 4. The Morgan fingerprint density at radius 3 is 2.50 bits per heavy atom. The lowest BCUT2D eigenvalue weighted by molar-refractivity contribution is 0.890. The van der Waals surface area contributed by atoms with E-state index in [1.54, 1.807) is 0 Å². The minimum Gasteiger partial charge on any atom is -0.345 e. The number of hydrogen-bond donors (Lipinski definition) is 0. The number of nitrogens with zero attached hydrogens (tertiary/aromatic N) is 5. The summed E-state index contributed by atoms with van der Waals surface area (Å²) in [6.07, 6.45) is 0. The molecule has 0 saturated carbocycles. The van der Waals surface area contributed by atoms with E-state index in [0.29, 0.717) is 0 Å². The van der Waals surface area contributed by atoms with Gasteiger partial charge in [-0.15, -0.1) is 10.2 Å². The number of rotatable bonds is 3. The quantitative estimate of drug-likeness (QED) is 0.578. The Morgan fingerprint density at radius 2 is 1.75 bits per heavy atom. The van der Waals surface area contributed by atoms with Gasteiger partial charge in [-0.1, -0.05) is 42.0 Å². The summed E-state index contributed by atoms with van der Waals surface area (Å²) in [5.41, 5.74) is 4.03. The van der Waals surface area contributed by atoms with Gasteiger partial charge < -0.3 is 4.90 Å². The Morgan fingerprint density at radius 1 is 1.00 bits per heavy atom. The van der Waals surface area contributed by atoms with Gasteiger partial charge in [0, 0.05) is 24.5 Å². The molecule has 0 fully saturated rings. The number of para-hydroxylation sites is 1. The molecular formula is C19H19N5. The van der Waals surface area contributed by atoms with Crippen molar-refractivity contribution >= 4 is 22.5 Å². The van der Waals surface area contributed by atoms with E-state index in [1.807, 2.05) is 31.3 Å². The lowest BCUT2D eigenvalue weighted by atomic mass is 10.1. The SMILES string of the molecule is CCN(C)c1nc2ccccc2c2nnc(-c3ccc(C)cc3)n12. The first kappa shape index (κ1) is 14.6. The molecule has 120 valence electrons. The van der Waals surface area contributed by atoms with Crippen LogP contribution >= 0.6 is 0 Å². The van der Waals surface area contributed by atoms with E-state index in [1.165, 1.54) is 5.56 Å². The standard InChI is InChI=1S/C19H19N5/c1-4-23(3)19-20-16-8-6-5-7-15(16)18-22-21-17(24(18)19)14-11-9-13(2)10-12-14/h5-12H,4H2,1-3H3. The summed E-state index contributed by atoms with van der Waals surface area (Å²) < 4.78 is 2.05. The van der Waals surface area contributed by atoms with Crippen LogP contribution in [0.15, 0.2) is 48.5 Å². The summed E-state index contributed by atoms with van der Waals surface area (Å²) in [5.74, 6) is 1.67. The van der Waals surface area contributed by atoms with Crippen LogP contribution in [0.25, 0.3) is 27.9 Å². The zero-order valence-electron chi connectivity index (χ0n) is 14.1. The average molecular weight is 317 g/mol. The fraction of sp³-hybridized carbons (Fsp3) is 0.211. The Bertz CT molecular complexity index is 1020. The highest BCUT2D eigenvalue weighted by Gasteiger charge is 2.17. The molecule has 2 aromatic heterocycles. The van der Waals surface area contributed by atoms with Crippen LogP contribution < -0.4 is 4.90 Å². The molecule has 0 aliphatic carbocycles. The fourth-order valence-electron chi connectivity index (χ4n) is 2.85. The molecule has 24 heavy (non-hydrogen) atoms. The zero-order chi connectivity index (χ0) is 16.7. The van der Waals surface area contributed by atoms with Gasteiger partial charge in [0.05, 0.1) is 5.52 Å². The van der Waals surface area contributed by atoms with Crippen molar-refractivity contribution < 1.29 is 0 Å². The summed E-state index contributed by atoms with van der Waals surface area (Å²) in [6.45, 7) is 5.04. The number of aryl methyl sites for hydroxylation is 1. The fourth-order valence-corrected chi connectivity index (χ4v) is 2.85. The molecule has 5 nitrogen and oxygen atoms in total. The van der Waals surface area contributed by atoms with E-state index in [9.17, 15) is 0 Å². The topological polar surface area (TPSA) is 46.3 Å². The van der Waals surface area contributed by atoms with Gasteiger partial charge in [-0.2, -0.15) is 0 Å². The first-order chi connectivity index (χ1) is 11.7. The van der Waals surface area contributed by atoms with E-state index < -0.39 is 0 Å². The number of aromatic nitrogens is 4. The molecule has 0 radical (unpaired) electrons. The average Bonchev–Trinajstić information content (AvgIpc) is 3.06. The Balaban J connectivity index is 2.09. The third-order valence-corrected chi connectivity index (χ3v) is 4.35. The molecule has 0 spiro atoms. The molecular weight excluding hydrogens is 298 g/mol. The maximum atomic E-state index is 4.86. The zero-order valence-corrected chi connectivity index (χ0v) is 14.1. The molecule has 0 bridgehead atoms. The highest BCUT2D eigenvalue weighted by Crippen LogP contribution is 2.28. The maximum Gasteiger partial charge on any atom is 0.213 e. The van der Waals surface area contributed by atoms with E-state index >= 15 is 0 Å². The van der Waals surface area contributed by atoms with Crippen LogP contribution in [0.4, 0.5) is 5.95 Å². The predicted molar refractivity (Wildman–Crippen MR) is 97.4 cm³/mol. The molecule has 0 atom stereocenters. The van der Waals surface area contributed by atoms with E-state index in [2.05, 4.69) is 57.6 Å². The van der Waals surface area contributed by atoms with Crippen molar-refractivity contribution in [2.75, 3.05) is 18.5 Å². The second-order valence-corrected chi connectivity index (χ2v) is 5.99. The van der Waals surface area contributed by atoms with Crippen molar-refractivity contribution in [1.29, 1.82) is 0 Å². The summed E-state index contributed by atoms with van der Waals surface area (Å²) in [7, 11) is 2.04. The number of anilines is 1. The number of fused-ring (bicyclic) bond motifs is 3. The van der Waals surface area contributed by atoms with Crippen molar-refractivity contribution in [2.45, 2.75) is 13.8 Å². The summed E-state index contributed by atoms with van der Waals surface area (Å²) in [5, 5.41) is 9.95. The van der Waals surface area contributed by atoms with Crippen molar-refractivity contribution in [3.63, 3.8) is 0 Å². The van der Waals surface area contributed by atoms with Gasteiger partial charge >= 0.3 is 0 Å². The summed E-state index contributed by atoms with van der Waals surface area (Å²) in [6, 6.07) is 16.4. The summed E-state index contributed by atoms with van der Waals surface area (Å²) in [4.78, 5) is 6.97. The van der Waals surface area contributed by atoms with Gasteiger partial charge in [0.15, 0.2) is 11.5 Å². The minimum absolute atomic E-state index is 0.818. The first-order valence-corrected chi connectivity index (χ1v) is 8.11. The molecule has 0 N–H and O–H groups in total. The van der Waals surface area contributed by atoms with Crippen LogP contribution in [0.5, 0.6) is 0 Å². The minimum atomic E-state index is 0.818. The van der Waals surface area contributed by atoms with Crippen LogP contribution in [-0.2, 0) is 0 Å². The Kier molecular flexibility index (Phi) is 3.41. The van der Waals surface area contributed by atoms with E-state index in [4.69, 9.17) is 4.98 Å². The molecule has 4 rings (SSSR count). The lowest BCUT2D eigenvalue weighted by Gasteiger charge is -2.18. The van der Waals surface area contributed by atoms with Gasteiger partial charge in [-0.05, 0) is 26.0 Å². The van der Waals surface area contributed by atoms with Gasteiger partial charge in [0.25, 0.3) is 0 Å². The van der Waals surface area contributed by atoms with Crippen LogP contribution in [-0.4, -0.2) is 33.2 Å². The first-order valence-electron chi connectivity index (χ1n) is 8.11. The molecule has 0 aliphatic rings. The van der Waals surface area contributed by atoms with Crippen molar-refractivity contribution in [2.24, 2.45) is 0 Å². The summed E-state index contributed by atoms with van der Waals surface area (Å²) >= 11 is 0. The van der Waals surface area contributed by atoms with Crippen molar-refractivity contribution in [1.82, 2.24) is 19.6 Å². The highest BCUT2D eigenvalue weighted by atomic mass is 15.3. The lowest BCUT2D eigenvalue weighted by Crippen LogP contribution is -2.21. The van der Waals surface area contributed by atoms with Gasteiger partial charge in [0.1, 0.15) is 0 Å². The number of benzene rings is 2. The molecule has 0 aliphatic heterocycles. The van der Waals surface area contributed by atoms with E-state index in [0.717, 1.165) is 40.4 Å². The van der Waals surface area contributed by atoms with Crippen molar-refractivity contribution in [3.05, 3.63) is 54.1 Å². The molecule has 0 saturated heterocycles. The molecule has 0 unspecified atom stereocenters. The smallest absolute Gasteiger partial charge is 0.213 e. The van der Waals surface area contributed by atoms with Crippen LogP contribution in [0.1, 0.15) is 12.5 Å². The monoisotopic (exact) mass is 317 g/mol. The predicted octanol–water partition coefficient (Wildman–Crippen LogP) is 3.71. The second-order valence-electron chi connectivity index (χ2n) is 5.99. The molecule has 2 aromatic carbocycles. The van der Waals surface area contributed by atoms with Gasteiger partial charge in [-0.3, -0.25) is 0 Å². The maximum absolute atomic E-state index is 4.86. The van der Waals surface area contributed by atoms with E-state index in [-0.39, 0.29) is 0 Å². The normalized spacial score (nSPS) is 11.3. The van der Waals surface area contributed by atoms with Gasteiger partial charge in [-0.25, -0.2) is 9.38 Å². The molecule has 5 heteroatoms. The molecule has 2 heterocycles. The van der Waals surface area contributed by atoms with Crippen molar-refractivity contribution in [3.8, 4) is 11.4 Å².